The maximum absolute atomic E-state index is 11.5. The van der Waals surface area contributed by atoms with Crippen LogP contribution in [-0.4, -0.2) is 16.0 Å². The molecule has 0 atom stereocenters. The highest BCUT2D eigenvalue weighted by Gasteiger charge is 2.09. The van der Waals surface area contributed by atoms with Crippen molar-refractivity contribution in [3.05, 3.63) is 24.3 Å². The number of carbonyl (C=O) groups is 1. The molecule has 0 fully saturated rings. The summed E-state index contributed by atoms with van der Waals surface area (Å²) in [5.74, 6) is -0.315. The standard InChI is InChI=1S/C14H17N3O2/c1-2-3-4-9-12(18)16-17-13-10-7-5-6-8-11(10)15-14(13)19/h5-8,15,19H,2-4,9H2,1H3. The molecule has 0 bridgehead atoms. The van der Waals surface area contributed by atoms with Crippen molar-refractivity contribution in [3.8, 4) is 5.88 Å². The lowest BCUT2D eigenvalue weighted by molar-refractivity contribution is -0.118. The summed E-state index contributed by atoms with van der Waals surface area (Å²) in [4.78, 5) is 14.3. The maximum Gasteiger partial charge on any atom is 0.264 e. The Morgan fingerprint density at radius 3 is 2.89 bits per heavy atom. The van der Waals surface area contributed by atoms with Gasteiger partial charge >= 0.3 is 0 Å². The molecule has 2 rings (SSSR count). The molecule has 0 unspecified atom stereocenters. The molecule has 0 radical (unpaired) electrons. The second-order valence-corrected chi connectivity index (χ2v) is 4.42. The summed E-state index contributed by atoms with van der Waals surface area (Å²) in [5.41, 5.74) is 1.09. The Kier molecular flexibility index (Phi) is 4.28. The summed E-state index contributed by atoms with van der Waals surface area (Å²) < 4.78 is 0. The van der Waals surface area contributed by atoms with Gasteiger partial charge in [0, 0.05) is 11.8 Å². The van der Waals surface area contributed by atoms with Gasteiger partial charge in [-0.3, -0.25) is 4.79 Å². The number of rotatable bonds is 5. The Bertz CT molecular complexity index is 602. The van der Waals surface area contributed by atoms with E-state index < -0.39 is 0 Å². The van der Waals surface area contributed by atoms with Crippen molar-refractivity contribution < 1.29 is 9.90 Å². The second kappa shape index (κ2) is 6.13. The van der Waals surface area contributed by atoms with E-state index in [0.717, 1.165) is 30.2 Å². The quantitative estimate of drug-likeness (QED) is 0.627. The molecule has 2 N–H and O–H groups in total. The highest BCUT2D eigenvalue weighted by Crippen LogP contribution is 2.35. The number of carbonyl (C=O) groups excluding carboxylic acids is 1. The number of hydrogen-bond acceptors (Lipinski definition) is 3. The monoisotopic (exact) mass is 259 g/mol. The molecule has 5 heteroatoms. The summed E-state index contributed by atoms with van der Waals surface area (Å²) in [6.45, 7) is 2.08. The molecule has 1 aromatic carbocycles. The number of aromatic nitrogens is 1. The molecule has 0 spiro atoms. The number of H-pyrrole nitrogens is 1. The highest BCUT2D eigenvalue weighted by molar-refractivity contribution is 5.94. The van der Waals surface area contributed by atoms with Crippen LogP contribution < -0.4 is 0 Å². The van der Waals surface area contributed by atoms with E-state index in [1.165, 1.54) is 0 Å². The third kappa shape index (κ3) is 3.19. The van der Waals surface area contributed by atoms with Gasteiger partial charge in [-0.05, 0) is 12.5 Å². The number of azo groups is 1. The molecular weight excluding hydrogens is 242 g/mol. The Morgan fingerprint density at radius 1 is 1.32 bits per heavy atom. The fourth-order valence-corrected chi connectivity index (χ4v) is 1.90. The van der Waals surface area contributed by atoms with Gasteiger partial charge in [0.1, 0.15) is 0 Å². The number of fused-ring (bicyclic) bond motifs is 1. The van der Waals surface area contributed by atoms with Gasteiger partial charge in [-0.25, -0.2) is 0 Å². The first-order valence-corrected chi connectivity index (χ1v) is 6.46. The minimum absolute atomic E-state index is 0.0636. The predicted octanol–water partition coefficient (Wildman–Crippen LogP) is 4.06. The lowest BCUT2D eigenvalue weighted by atomic mass is 10.2. The molecule has 1 heterocycles. The highest BCUT2D eigenvalue weighted by atomic mass is 16.3. The zero-order valence-corrected chi connectivity index (χ0v) is 10.9. The molecule has 0 aliphatic rings. The molecule has 1 aromatic heterocycles. The molecule has 0 aliphatic heterocycles. The number of nitrogens with zero attached hydrogens (tertiary/aromatic N) is 2. The summed E-state index contributed by atoms with van der Waals surface area (Å²) in [7, 11) is 0. The largest absolute Gasteiger partial charge is 0.493 e. The number of amides is 1. The van der Waals surface area contributed by atoms with Crippen LogP contribution in [0.2, 0.25) is 0 Å². The SMILES string of the molecule is CCCCCC(=O)N=Nc1c(O)[nH]c2ccccc12. The zero-order chi connectivity index (χ0) is 13.7. The van der Waals surface area contributed by atoms with Crippen LogP contribution in [-0.2, 0) is 4.79 Å². The maximum atomic E-state index is 11.5. The summed E-state index contributed by atoms with van der Waals surface area (Å²) in [5, 5.41) is 18.0. The minimum Gasteiger partial charge on any atom is -0.493 e. The zero-order valence-electron chi connectivity index (χ0n) is 10.9. The second-order valence-electron chi connectivity index (χ2n) is 4.42. The number of benzene rings is 1. The molecule has 0 saturated carbocycles. The van der Waals surface area contributed by atoms with E-state index in [1.54, 1.807) is 0 Å². The fourth-order valence-electron chi connectivity index (χ4n) is 1.90. The fraction of sp³-hybridized carbons (Fsp3) is 0.357. The van der Waals surface area contributed by atoms with E-state index in [-0.39, 0.29) is 11.8 Å². The Hall–Kier alpha value is -2.17. The first-order chi connectivity index (χ1) is 9.22. The Balaban J connectivity index is 2.12. The van der Waals surface area contributed by atoms with Gasteiger partial charge in [0.15, 0.2) is 5.69 Å². The van der Waals surface area contributed by atoms with Crippen LogP contribution in [0.15, 0.2) is 34.5 Å². The van der Waals surface area contributed by atoms with Gasteiger partial charge in [-0.15, -0.1) is 10.2 Å². The van der Waals surface area contributed by atoms with Gasteiger partial charge in [-0.1, -0.05) is 38.0 Å². The van der Waals surface area contributed by atoms with Crippen LogP contribution in [0.25, 0.3) is 10.9 Å². The predicted molar refractivity (Wildman–Crippen MR) is 73.6 cm³/mol. The molecule has 0 saturated heterocycles. The van der Waals surface area contributed by atoms with Crippen LogP contribution in [0.3, 0.4) is 0 Å². The van der Waals surface area contributed by atoms with Gasteiger partial charge in [0.2, 0.25) is 5.88 Å². The van der Waals surface area contributed by atoms with Crippen molar-refractivity contribution in [3.63, 3.8) is 0 Å². The molecule has 1 amide bonds. The van der Waals surface area contributed by atoms with E-state index in [4.69, 9.17) is 0 Å². The van der Waals surface area contributed by atoms with Crippen LogP contribution in [0.1, 0.15) is 32.6 Å². The van der Waals surface area contributed by atoms with Crippen molar-refractivity contribution in [2.45, 2.75) is 32.6 Å². The topological polar surface area (TPSA) is 77.8 Å². The first kappa shape index (κ1) is 13.3. The van der Waals surface area contributed by atoms with E-state index in [9.17, 15) is 9.90 Å². The molecule has 2 aromatic rings. The van der Waals surface area contributed by atoms with Crippen LogP contribution in [0.5, 0.6) is 5.88 Å². The third-order valence-electron chi connectivity index (χ3n) is 2.92. The van der Waals surface area contributed by atoms with Crippen molar-refractivity contribution in [2.75, 3.05) is 0 Å². The lowest BCUT2D eigenvalue weighted by Crippen LogP contribution is -1.90. The first-order valence-electron chi connectivity index (χ1n) is 6.46. The van der Waals surface area contributed by atoms with E-state index in [2.05, 4.69) is 22.1 Å². The number of aromatic amines is 1. The van der Waals surface area contributed by atoms with Crippen LogP contribution >= 0.6 is 0 Å². The lowest BCUT2D eigenvalue weighted by Gasteiger charge is -1.93. The Labute approximate surface area is 111 Å². The van der Waals surface area contributed by atoms with E-state index in [0.29, 0.717) is 12.1 Å². The molecule has 100 valence electrons. The van der Waals surface area contributed by atoms with Crippen molar-refractivity contribution in [1.82, 2.24) is 4.98 Å². The van der Waals surface area contributed by atoms with Crippen LogP contribution in [0.4, 0.5) is 5.69 Å². The van der Waals surface area contributed by atoms with Gasteiger partial charge in [0.05, 0.1) is 5.52 Å². The van der Waals surface area contributed by atoms with Gasteiger partial charge in [-0.2, -0.15) is 0 Å². The van der Waals surface area contributed by atoms with Crippen LogP contribution in [0, 0.1) is 0 Å². The smallest absolute Gasteiger partial charge is 0.264 e. The number of unbranched alkanes of at least 4 members (excludes halogenated alkanes) is 2. The minimum atomic E-state index is -0.252. The van der Waals surface area contributed by atoms with Crippen molar-refractivity contribution in [1.29, 1.82) is 0 Å². The number of aromatic hydroxyl groups is 1. The van der Waals surface area contributed by atoms with Crippen molar-refractivity contribution in [2.24, 2.45) is 10.2 Å². The van der Waals surface area contributed by atoms with E-state index >= 15 is 0 Å². The number of nitrogens with one attached hydrogen (secondary N) is 1. The third-order valence-corrected chi connectivity index (χ3v) is 2.92. The molecule has 19 heavy (non-hydrogen) atoms. The Morgan fingerprint density at radius 2 is 2.11 bits per heavy atom. The normalized spacial score (nSPS) is 11.4. The van der Waals surface area contributed by atoms with Crippen molar-refractivity contribution >= 4 is 22.5 Å². The van der Waals surface area contributed by atoms with Gasteiger partial charge in [0.25, 0.3) is 5.91 Å². The molecular formula is C14H17N3O2. The molecule has 0 aliphatic carbocycles. The summed E-state index contributed by atoms with van der Waals surface area (Å²) in [6.07, 6.45) is 3.31. The number of para-hydroxylation sites is 1. The average Bonchev–Trinajstić information content (AvgIpc) is 2.72. The average molecular weight is 259 g/mol. The molecule has 5 nitrogen and oxygen atoms in total. The van der Waals surface area contributed by atoms with Gasteiger partial charge < -0.3 is 10.1 Å². The van der Waals surface area contributed by atoms with E-state index in [1.807, 2.05) is 24.3 Å². The summed E-state index contributed by atoms with van der Waals surface area (Å²) in [6, 6.07) is 7.35. The summed E-state index contributed by atoms with van der Waals surface area (Å²) >= 11 is 0. The number of hydrogen-bond donors (Lipinski definition) is 2.